The number of hydrogen-bond donors (Lipinski definition) is 2. The predicted molar refractivity (Wildman–Crippen MR) is 95.7 cm³/mol. The van der Waals surface area contributed by atoms with Gasteiger partial charge in [-0.15, -0.1) is 0 Å². The van der Waals surface area contributed by atoms with Crippen LogP contribution in [0.5, 0.6) is 0 Å². The summed E-state index contributed by atoms with van der Waals surface area (Å²) in [6.45, 7) is 1.52. The molecule has 1 aromatic rings. The number of anilines is 1. The quantitative estimate of drug-likeness (QED) is 0.782. The van der Waals surface area contributed by atoms with E-state index in [-0.39, 0.29) is 5.91 Å². The van der Waals surface area contributed by atoms with Crippen molar-refractivity contribution in [2.45, 2.75) is 50.6 Å². The van der Waals surface area contributed by atoms with Gasteiger partial charge in [0.05, 0.1) is 10.7 Å². The molecule has 6 nitrogen and oxygen atoms in total. The smallest absolute Gasteiger partial charge is 0.323 e. The Morgan fingerprint density at radius 2 is 1.92 bits per heavy atom. The van der Waals surface area contributed by atoms with Gasteiger partial charge in [0.2, 0.25) is 5.91 Å². The lowest BCUT2D eigenvalue weighted by Gasteiger charge is -2.31. The van der Waals surface area contributed by atoms with Gasteiger partial charge < -0.3 is 10.6 Å². The fourth-order valence-electron chi connectivity index (χ4n) is 3.43. The Bertz CT molecular complexity index is 732. The van der Waals surface area contributed by atoms with Crippen molar-refractivity contribution >= 4 is 46.7 Å². The van der Waals surface area contributed by atoms with Gasteiger partial charge in [-0.05, 0) is 38.0 Å². The first-order chi connectivity index (χ1) is 11.8. The largest absolute Gasteiger partial charge is 0.325 e. The number of carbonyl (C=O) groups is 3. The maximum Gasteiger partial charge on any atom is 0.325 e. The second-order valence-electron chi connectivity index (χ2n) is 6.54. The average molecular weight is 384 g/mol. The average Bonchev–Trinajstić information content (AvgIpc) is 2.81. The Balaban J connectivity index is 1.76. The number of nitrogens with zero attached hydrogens (tertiary/aromatic N) is 1. The first-order valence-electron chi connectivity index (χ1n) is 8.26. The highest BCUT2D eigenvalue weighted by molar-refractivity contribution is 6.35. The Hall–Kier alpha value is -1.79. The van der Waals surface area contributed by atoms with Crippen LogP contribution in [0.1, 0.15) is 39.0 Å². The molecule has 2 N–H and O–H groups in total. The molecule has 1 aliphatic carbocycles. The van der Waals surface area contributed by atoms with E-state index in [1.807, 2.05) is 0 Å². The van der Waals surface area contributed by atoms with Crippen molar-refractivity contribution in [2.24, 2.45) is 0 Å². The van der Waals surface area contributed by atoms with Crippen LogP contribution in [0.3, 0.4) is 0 Å². The minimum absolute atomic E-state index is 0.322. The monoisotopic (exact) mass is 383 g/mol. The number of urea groups is 1. The molecule has 0 unspecified atom stereocenters. The van der Waals surface area contributed by atoms with E-state index < -0.39 is 23.5 Å². The Morgan fingerprint density at radius 1 is 1.24 bits per heavy atom. The molecule has 1 heterocycles. The predicted octanol–water partition coefficient (Wildman–Crippen LogP) is 3.58. The van der Waals surface area contributed by atoms with E-state index in [1.54, 1.807) is 12.1 Å². The molecule has 2 aliphatic rings. The summed E-state index contributed by atoms with van der Waals surface area (Å²) in [5.41, 5.74) is -0.511. The lowest BCUT2D eigenvalue weighted by molar-refractivity contribution is -0.137. The summed E-state index contributed by atoms with van der Waals surface area (Å²) in [5.74, 6) is -0.822. The van der Waals surface area contributed by atoms with E-state index in [9.17, 15) is 14.4 Å². The zero-order valence-electron chi connectivity index (χ0n) is 13.8. The summed E-state index contributed by atoms with van der Waals surface area (Å²) >= 11 is 12.0. The molecule has 1 aromatic carbocycles. The number of rotatable bonds is 3. The molecule has 1 spiro atoms. The van der Waals surface area contributed by atoms with E-state index in [4.69, 9.17) is 23.2 Å². The van der Waals surface area contributed by atoms with Crippen LogP contribution in [0.4, 0.5) is 10.5 Å². The van der Waals surface area contributed by atoms with Crippen molar-refractivity contribution in [3.8, 4) is 0 Å². The normalized spacial score (nSPS) is 20.5. The van der Waals surface area contributed by atoms with Gasteiger partial charge in [-0.2, -0.15) is 0 Å². The minimum Gasteiger partial charge on any atom is -0.323 e. The summed E-state index contributed by atoms with van der Waals surface area (Å²) in [6, 6.07) is 3.21. The Morgan fingerprint density at radius 3 is 2.60 bits per heavy atom. The SMILES string of the molecule is C[C@H](C(=O)Nc1cc(Cl)ccc1Cl)N1C(=O)NC2(CCCCC2)C1=O. The molecule has 0 radical (unpaired) electrons. The van der Waals surface area contributed by atoms with E-state index in [0.717, 1.165) is 24.2 Å². The van der Waals surface area contributed by atoms with E-state index in [1.165, 1.54) is 13.0 Å². The minimum atomic E-state index is -0.955. The van der Waals surface area contributed by atoms with Crippen LogP contribution in [0.2, 0.25) is 10.0 Å². The summed E-state index contributed by atoms with van der Waals surface area (Å²) in [4.78, 5) is 38.7. The molecule has 8 heteroatoms. The van der Waals surface area contributed by atoms with Crippen LogP contribution in [0.25, 0.3) is 0 Å². The molecule has 1 saturated carbocycles. The van der Waals surface area contributed by atoms with Gasteiger partial charge in [-0.3, -0.25) is 9.59 Å². The zero-order chi connectivity index (χ0) is 18.2. The molecule has 0 aromatic heterocycles. The topological polar surface area (TPSA) is 78.5 Å². The van der Waals surface area contributed by atoms with Crippen molar-refractivity contribution in [1.29, 1.82) is 0 Å². The Kier molecular flexibility index (Phi) is 4.93. The van der Waals surface area contributed by atoms with E-state index >= 15 is 0 Å². The molecule has 4 amide bonds. The van der Waals surface area contributed by atoms with Crippen LogP contribution < -0.4 is 10.6 Å². The fourth-order valence-corrected chi connectivity index (χ4v) is 3.77. The van der Waals surface area contributed by atoms with E-state index in [2.05, 4.69) is 10.6 Å². The number of imide groups is 1. The van der Waals surface area contributed by atoms with Crippen LogP contribution >= 0.6 is 23.2 Å². The summed E-state index contributed by atoms with van der Waals surface area (Å²) in [6.07, 6.45) is 4.05. The number of halogens is 2. The van der Waals surface area contributed by atoms with Gasteiger partial charge >= 0.3 is 6.03 Å². The molecule has 1 atom stereocenters. The van der Waals surface area contributed by atoms with Gasteiger partial charge in [0.25, 0.3) is 5.91 Å². The first-order valence-corrected chi connectivity index (χ1v) is 9.01. The first kappa shape index (κ1) is 18.0. The van der Waals surface area contributed by atoms with Gasteiger partial charge in [0, 0.05) is 5.02 Å². The second-order valence-corrected chi connectivity index (χ2v) is 7.38. The number of carbonyl (C=O) groups excluding carboxylic acids is 3. The third-order valence-corrected chi connectivity index (χ3v) is 5.42. The molecule has 25 heavy (non-hydrogen) atoms. The van der Waals surface area contributed by atoms with Gasteiger partial charge in [0.15, 0.2) is 0 Å². The molecule has 0 bridgehead atoms. The standard InChI is InChI=1S/C17H19Cl2N3O3/c1-10(14(23)20-13-9-11(18)5-6-12(13)19)22-15(24)17(21-16(22)25)7-3-2-4-8-17/h5-6,9-10H,2-4,7-8H2,1H3,(H,20,23)(H,21,25)/t10-/m1/s1. The number of benzene rings is 1. The fraction of sp³-hybridized carbons (Fsp3) is 0.471. The lowest BCUT2D eigenvalue weighted by Crippen LogP contribution is -2.50. The van der Waals surface area contributed by atoms with Crippen LogP contribution in [0.15, 0.2) is 18.2 Å². The molecule has 134 valence electrons. The number of hydrogen-bond acceptors (Lipinski definition) is 3. The molecule has 3 rings (SSSR count). The molecular weight excluding hydrogens is 365 g/mol. The molecular formula is C17H19Cl2N3O3. The molecule has 1 saturated heterocycles. The van der Waals surface area contributed by atoms with Crippen molar-refractivity contribution in [1.82, 2.24) is 10.2 Å². The van der Waals surface area contributed by atoms with Gasteiger partial charge in [-0.1, -0.05) is 42.5 Å². The van der Waals surface area contributed by atoms with Gasteiger partial charge in [-0.25, -0.2) is 9.69 Å². The number of nitrogens with one attached hydrogen (secondary N) is 2. The molecule has 1 aliphatic heterocycles. The highest BCUT2D eigenvalue weighted by atomic mass is 35.5. The van der Waals surface area contributed by atoms with Crippen LogP contribution in [-0.4, -0.2) is 34.3 Å². The molecule has 2 fully saturated rings. The van der Waals surface area contributed by atoms with Crippen molar-refractivity contribution in [3.05, 3.63) is 28.2 Å². The van der Waals surface area contributed by atoms with Crippen LogP contribution in [-0.2, 0) is 9.59 Å². The van der Waals surface area contributed by atoms with E-state index in [0.29, 0.717) is 28.6 Å². The zero-order valence-corrected chi connectivity index (χ0v) is 15.3. The highest BCUT2D eigenvalue weighted by Gasteiger charge is 2.53. The third-order valence-electron chi connectivity index (χ3n) is 4.85. The van der Waals surface area contributed by atoms with Crippen molar-refractivity contribution in [2.75, 3.05) is 5.32 Å². The third kappa shape index (κ3) is 3.33. The van der Waals surface area contributed by atoms with Crippen molar-refractivity contribution < 1.29 is 14.4 Å². The summed E-state index contributed by atoms with van der Waals surface area (Å²) in [7, 11) is 0. The highest BCUT2D eigenvalue weighted by Crippen LogP contribution is 2.34. The maximum absolute atomic E-state index is 12.8. The summed E-state index contributed by atoms with van der Waals surface area (Å²) < 4.78 is 0. The van der Waals surface area contributed by atoms with Crippen LogP contribution in [0, 0.1) is 0 Å². The number of amides is 4. The Labute approximate surface area is 155 Å². The van der Waals surface area contributed by atoms with Gasteiger partial charge in [0.1, 0.15) is 11.6 Å². The second kappa shape index (κ2) is 6.84. The summed E-state index contributed by atoms with van der Waals surface area (Å²) in [5, 5.41) is 6.18. The maximum atomic E-state index is 12.8. The lowest BCUT2D eigenvalue weighted by atomic mass is 9.81. The van der Waals surface area contributed by atoms with Crippen molar-refractivity contribution in [3.63, 3.8) is 0 Å².